The summed E-state index contributed by atoms with van der Waals surface area (Å²) in [7, 11) is 0. The van der Waals surface area contributed by atoms with Crippen LogP contribution in [0.15, 0.2) is 84.9 Å². The van der Waals surface area contributed by atoms with Crippen molar-refractivity contribution in [2.24, 2.45) is 11.3 Å². The van der Waals surface area contributed by atoms with Gasteiger partial charge in [-0.1, -0.05) is 111 Å². The molecule has 3 aromatic carbocycles. The first kappa shape index (κ1) is 21.9. The van der Waals surface area contributed by atoms with Gasteiger partial charge in [0.1, 0.15) is 5.78 Å². The molecule has 1 nitrogen and oxygen atoms in total. The summed E-state index contributed by atoms with van der Waals surface area (Å²) in [4.78, 5) is 13.3. The monoisotopic (exact) mass is 434 g/mol. The molecule has 0 aromatic heterocycles. The maximum Gasteiger partial charge on any atom is 0.137 e. The van der Waals surface area contributed by atoms with Crippen molar-refractivity contribution < 1.29 is 4.79 Å². The summed E-state index contributed by atoms with van der Waals surface area (Å²) < 4.78 is 0. The highest BCUT2D eigenvalue weighted by Gasteiger charge is 2.56. The number of Topliss-reactive ketones (excluding diaryl/α,β-unsaturated/α-hetero) is 1. The van der Waals surface area contributed by atoms with Crippen LogP contribution in [-0.2, 0) is 4.79 Å². The maximum atomic E-state index is 13.3. The largest absolute Gasteiger partial charge is 0.299 e. The standard InChI is InChI=1S/C32H34O/c1-3-4-5-7-16-26-22-29-30(33)20-21-32(29,31(26)25-14-8-6-9-15-25)23(2)27-19-12-17-24-13-10-11-18-28(24)27/h6,8-15,17-19,29H,2-5,7,16,20-22H2,1H3. The van der Waals surface area contributed by atoms with Crippen molar-refractivity contribution in [3.63, 3.8) is 0 Å². The number of unbranched alkanes of at least 4 members (excludes halogenated alkanes) is 3. The Morgan fingerprint density at radius 1 is 0.939 bits per heavy atom. The Kier molecular flexibility index (Phi) is 6.06. The van der Waals surface area contributed by atoms with Crippen LogP contribution in [-0.4, -0.2) is 5.78 Å². The second-order valence-electron chi connectivity index (χ2n) is 9.85. The maximum absolute atomic E-state index is 13.3. The SMILES string of the molecule is C=C(c1cccc2ccccc12)C12CCC(=O)C1CC(CCCCCC)=C2c1ccccc1. The molecule has 5 rings (SSSR count). The zero-order valence-electron chi connectivity index (χ0n) is 19.8. The van der Waals surface area contributed by atoms with Crippen molar-refractivity contribution >= 4 is 27.7 Å². The molecule has 1 fully saturated rings. The zero-order valence-corrected chi connectivity index (χ0v) is 19.8. The normalized spacial score (nSPS) is 22.2. The molecule has 0 N–H and O–H groups in total. The summed E-state index contributed by atoms with van der Waals surface area (Å²) in [5.41, 5.74) is 6.24. The molecule has 168 valence electrons. The lowest BCUT2D eigenvalue weighted by Crippen LogP contribution is -2.27. The quantitative estimate of drug-likeness (QED) is 0.324. The highest BCUT2D eigenvalue weighted by atomic mass is 16.1. The van der Waals surface area contributed by atoms with Gasteiger partial charge in [0.2, 0.25) is 0 Å². The number of benzene rings is 3. The van der Waals surface area contributed by atoms with Crippen LogP contribution < -0.4 is 0 Å². The van der Waals surface area contributed by atoms with Gasteiger partial charge in [0.05, 0.1) is 0 Å². The third-order valence-corrected chi connectivity index (χ3v) is 8.05. The number of ketones is 1. The molecule has 2 aliphatic rings. The first-order valence-electron chi connectivity index (χ1n) is 12.6. The fourth-order valence-electron chi connectivity index (χ4n) is 6.49. The Labute approximate surface area is 198 Å². The topological polar surface area (TPSA) is 17.1 Å². The van der Waals surface area contributed by atoms with Crippen molar-refractivity contribution in [3.05, 3.63) is 96.1 Å². The van der Waals surface area contributed by atoms with Gasteiger partial charge in [-0.05, 0) is 58.7 Å². The van der Waals surface area contributed by atoms with Gasteiger partial charge in [0, 0.05) is 17.8 Å². The predicted molar refractivity (Wildman–Crippen MR) is 140 cm³/mol. The number of hydrogen-bond donors (Lipinski definition) is 0. The number of rotatable bonds is 8. The second-order valence-corrected chi connectivity index (χ2v) is 9.85. The molecule has 0 saturated heterocycles. The Hall–Kier alpha value is -2.93. The second kappa shape index (κ2) is 9.14. The highest BCUT2D eigenvalue weighted by Crippen LogP contribution is 2.65. The van der Waals surface area contributed by atoms with E-state index in [-0.39, 0.29) is 11.3 Å². The van der Waals surface area contributed by atoms with Gasteiger partial charge < -0.3 is 0 Å². The minimum Gasteiger partial charge on any atom is -0.299 e. The van der Waals surface area contributed by atoms with Gasteiger partial charge >= 0.3 is 0 Å². The smallest absolute Gasteiger partial charge is 0.137 e. The van der Waals surface area contributed by atoms with Crippen LogP contribution >= 0.6 is 0 Å². The van der Waals surface area contributed by atoms with E-state index in [1.807, 2.05) is 0 Å². The third-order valence-electron chi connectivity index (χ3n) is 8.05. The molecule has 1 saturated carbocycles. The molecule has 2 atom stereocenters. The molecular formula is C32H34O. The van der Waals surface area contributed by atoms with E-state index >= 15 is 0 Å². The molecule has 0 spiro atoms. The summed E-state index contributed by atoms with van der Waals surface area (Å²) in [5, 5.41) is 2.47. The molecule has 0 aliphatic heterocycles. The van der Waals surface area contributed by atoms with E-state index in [4.69, 9.17) is 6.58 Å². The number of allylic oxidation sites excluding steroid dienone is 3. The average Bonchev–Trinajstić information content (AvgIpc) is 3.36. The lowest BCUT2D eigenvalue weighted by molar-refractivity contribution is -0.121. The molecule has 0 heterocycles. The van der Waals surface area contributed by atoms with Crippen molar-refractivity contribution in [1.82, 2.24) is 0 Å². The van der Waals surface area contributed by atoms with Crippen LogP contribution in [0.5, 0.6) is 0 Å². The van der Waals surface area contributed by atoms with E-state index in [2.05, 4.69) is 79.7 Å². The Bertz CT molecular complexity index is 1210. The third kappa shape index (κ3) is 3.68. The van der Waals surface area contributed by atoms with Crippen molar-refractivity contribution in [2.45, 2.75) is 58.3 Å². The summed E-state index contributed by atoms with van der Waals surface area (Å²) in [6, 6.07) is 25.9. The first-order chi connectivity index (χ1) is 16.2. The minimum atomic E-state index is -0.289. The Balaban J connectivity index is 1.66. The van der Waals surface area contributed by atoms with Crippen LogP contribution in [0.25, 0.3) is 21.9 Å². The molecule has 33 heavy (non-hydrogen) atoms. The molecule has 3 aromatic rings. The van der Waals surface area contributed by atoms with E-state index < -0.39 is 0 Å². The summed E-state index contributed by atoms with van der Waals surface area (Å²) in [6.07, 6.45) is 8.53. The van der Waals surface area contributed by atoms with Gasteiger partial charge in [-0.3, -0.25) is 4.79 Å². The highest BCUT2D eigenvalue weighted by molar-refractivity contribution is 6.04. The lowest BCUT2D eigenvalue weighted by atomic mass is 9.66. The molecule has 0 bridgehead atoms. The molecule has 0 radical (unpaired) electrons. The van der Waals surface area contributed by atoms with E-state index in [0.29, 0.717) is 12.2 Å². The van der Waals surface area contributed by atoms with Crippen LogP contribution in [0.1, 0.15) is 69.4 Å². The molecule has 2 aliphatic carbocycles. The van der Waals surface area contributed by atoms with Crippen molar-refractivity contribution in [3.8, 4) is 0 Å². The average molecular weight is 435 g/mol. The number of carbonyl (C=O) groups is 1. The van der Waals surface area contributed by atoms with Gasteiger partial charge in [-0.2, -0.15) is 0 Å². The number of carbonyl (C=O) groups excluding carboxylic acids is 1. The van der Waals surface area contributed by atoms with Crippen LogP contribution in [0.2, 0.25) is 0 Å². The van der Waals surface area contributed by atoms with E-state index in [1.165, 1.54) is 58.7 Å². The zero-order chi connectivity index (χ0) is 22.8. The number of hydrogen-bond acceptors (Lipinski definition) is 1. The first-order valence-corrected chi connectivity index (χ1v) is 12.6. The van der Waals surface area contributed by atoms with Crippen LogP contribution in [0, 0.1) is 11.3 Å². The molecular weight excluding hydrogens is 400 g/mol. The Morgan fingerprint density at radius 3 is 2.52 bits per heavy atom. The fourth-order valence-corrected chi connectivity index (χ4v) is 6.49. The minimum absolute atomic E-state index is 0.0281. The summed E-state index contributed by atoms with van der Waals surface area (Å²) in [6.45, 7) is 7.02. The van der Waals surface area contributed by atoms with Crippen LogP contribution in [0.3, 0.4) is 0 Å². The van der Waals surface area contributed by atoms with E-state index in [0.717, 1.165) is 24.8 Å². The van der Waals surface area contributed by atoms with Gasteiger partial charge in [-0.25, -0.2) is 0 Å². The van der Waals surface area contributed by atoms with Gasteiger partial charge in [0.25, 0.3) is 0 Å². The fraction of sp³-hybridized carbons (Fsp3) is 0.344. The number of fused-ring (bicyclic) bond motifs is 2. The molecule has 1 heteroatoms. The van der Waals surface area contributed by atoms with Crippen LogP contribution in [0.4, 0.5) is 0 Å². The van der Waals surface area contributed by atoms with E-state index in [9.17, 15) is 4.79 Å². The lowest BCUT2D eigenvalue weighted by Gasteiger charge is -2.36. The molecule has 0 amide bonds. The van der Waals surface area contributed by atoms with E-state index in [1.54, 1.807) is 0 Å². The van der Waals surface area contributed by atoms with Crippen molar-refractivity contribution in [1.29, 1.82) is 0 Å². The molecule has 2 unspecified atom stereocenters. The van der Waals surface area contributed by atoms with Crippen molar-refractivity contribution in [2.75, 3.05) is 0 Å². The summed E-state index contributed by atoms with van der Waals surface area (Å²) in [5.74, 6) is 0.453. The summed E-state index contributed by atoms with van der Waals surface area (Å²) >= 11 is 0. The van der Waals surface area contributed by atoms with Gasteiger partial charge in [-0.15, -0.1) is 0 Å². The predicted octanol–water partition coefficient (Wildman–Crippen LogP) is 8.65. The van der Waals surface area contributed by atoms with Gasteiger partial charge in [0.15, 0.2) is 0 Å². The Morgan fingerprint density at radius 2 is 1.70 bits per heavy atom.